The van der Waals surface area contributed by atoms with Crippen molar-refractivity contribution in [3.8, 4) is 0 Å². The fourth-order valence-electron chi connectivity index (χ4n) is 1.93. The Morgan fingerprint density at radius 2 is 2.29 bits per heavy atom. The zero-order valence-corrected chi connectivity index (χ0v) is 8.92. The highest BCUT2D eigenvalue weighted by Gasteiger charge is 2.33. The molecular weight excluding hydrogens is 178 g/mol. The molecule has 1 aliphatic rings. The van der Waals surface area contributed by atoms with Crippen LogP contribution in [0, 0.1) is 0 Å². The molecule has 4 N–H and O–H groups in total. The lowest BCUT2D eigenvalue weighted by atomic mass is 9.75. The van der Waals surface area contributed by atoms with Crippen LogP contribution in [0.4, 0.5) is 0 Å². The van der Waals surface area contributed by atoms with Gasteiger partial charge in [-0.25, -0.2) is 0 Å². The van der Waals surface area contributed by atoms with Crippen LogP contribution in [-0.2, 0) is 0 Å². The highest BCUT2D eigenvalue weighted by Crippen LogP contribution is 2.34. The fraction of sp³-hybridized carbons (Fsp3) is 0.900. The Balaban J connectivity index is 2.08. The third-order valence-corrected chi connectivity index (χ3v) is 3.23. The molecule has 0 aromatic carbocycles. The van der Waals surface area contributed by atoms with Crippen LogP contribution in [-0.4, -0.2) is 23.1 Å². The number of nitrogens with two attached hydrogens (primary N) is 1. The van der Waals surface area contributed by atoms with Crippen molar-refractivity contribution >= 4 is 5.84 Å². The smallest absolute Gasteiger partial charge is 0.139 e. The van der Waals surface area contributed by atoms with Crippen LogP contribution in [0.3, 0.4) is 0 Å². The van der Waals surface area contributed by atoms with Crippen molar-refractivity contribution in [1.82, 2.24) is 5.32 Å². The first-order chi connectivity index (χ1) is 6.72. The van der Waals surface area contributed by atoms with Gasteiger partial charge in [-0.15, -0.1) is 0 Å². The van der Waals surface area contributed by atoms with Crippen LogP contribution in [0.2, 0.25) is 0 Å². The second-order valence-electron chi connectivity index (χ2n) is 4.11. The van der Waals surface area contributed by atoms with Gasteiger partial charge in [0, 0.05) is 12.0 Å². The number of oxime groups is 1. The Hall–Kier alpha value is -0.770. The quantitative estimate of drug-likeness (QED) is 0.199. The number of nitrogens with one attached hydrogen (secondary N) is 1. The maximum absolute atomic E-state index is 8.34. The van der Waals surface area contributed by atoms with Crippen LogP contribution in [0.5, 0.6) is 0 Å². The zero-order chi connectivity index (χ0) is 10.4. The highest BCUT2D eigenvalue weighted by atomic mass is 16.4. The van der Waals surface area contributed by atoms with Gasteiger partial charge in [-0.1, -0.05) is 12.1 Å². The minimum atomic E-state index is 0.325. The third kappa shape index (κ3) is 2.87. The summed E-state index contributed by atoms with van der Waals surface area (Å²) in [5, 5.41) is 14.9. The summed E-state index contributed by atoms with van der Waals surface area (Å²) >= 11 is 0. The topological polar surface area (TPSA) is 70.6 Å². The van der Waals surface area contributed by atoms with Gasteiger partial charge in [0.15, 0.2) is 0 Å². The summed E-state index contributed by atoms with van der Waals surface area (Å²) in [5.41, 5.74) is 5.78. The van der Waals surface area contributed by atoms with Crippen LogP contribution in [0.1, 0.15) is 45.4 Å². The molecule has 0 spiro atoms. The Morgan fingerprint density at radius 1 is 1.57 bits per heavy atom. The average Bonchev–Trinajstić information content (AvgIpc) is 2.15. The molecule has 0 aliphatic heterocycles. The van der Waals surface area contributed by atoms with E-state index in [1.807, 2.05) is 0 Å². The zero-order valence-electron chi connectivity index (χ0n) is 8.92. The van der Waals surface area contributed by atoms with Crippen molar-refractivity contribution in [3.05, 3.63) is 0 Å². The standard InChI is InChI=1S/C10H21N3O/c1-2-10(6-4-7-10)12-8-3-5-9(11)13-14/h12,14H,2-8H2,1H3,(H2,11,13). The summed E-state index contributed by atoms with van der Waals surface area (Å²) in [6.07, 6.45) is 6.76. The van der Waals surface area contributed by atoms with E-state index >= 15 is 0 Å². The van der Waals surface area contributed by atoms with Gasteiger partial charge < -0.3 is 16.3 Å². The summed E-state index contributed by atoms with van der Waals surface area (Å²) in [7, 11) is 0. The van der Waals surface area contributed by atoms with Crippen molar-refractivity contribution in [2.45, 2.75) is 51.0 Å². The predicted molar refractivity (Wildman–Crippen MR) is 57.5 cm³/mol. The normalized spacial score (nSPS) is 20.5. The van der Waals surface area contributed by atoms with E-state index in [1.165, 1.54) is 25.7 Å². The Morgan fingerprint density at radius 3 is 2.71 bits per heavy atom. The lowest BCUT2D eigenvalue weighted by Gasteiger charge is -2.42. The molecule has 82 valence electrons. The first-order valence-electron chi connectivity index (χ1n) is 5.44. The van der Waals surface area contributed by atoms with Gasteiger partial charge in [-0.2, -0.15) is 0 Å². The Labute approximate surface area is 85.6 Å². The number of nitrogens with zero attached hydrogens (tertiary/aromatic N) is 1. The highest BCUT2D eigenvalue weighted by molar-refractivity contribution is 5.79. The number of hydrogen-bond donors (Lipinski definition) is 3. The molecule has 4 nitrogen and oxygen atoms in total. The third-order valence-electron chi connectivity index (χ3n) is 3.23. The monoisotopic (exact) mass is 199 g/mol. The van der Waals surface area contributed by atoms with Crippen molar-refractivity contribution in [2.75, 3.05) is 6.54 Å². The minimum absolute atomic E-state index is 0.325. The molecule has 0 aromatic heterocycles. The van der Waals surface area contributed by atoms with Crippen LogP contribution in [0.25, 0.3) is 0 Å². The van der Waals surface area contributed by atoms with E-state index in [1.54, 1.807) is 0 Å². The molecule has 0 amide bonds. The number of amidine groups is 1. The van der Waals surface area contributed by atoms with Crippen molar-refractivity contribution < 1.29 is 5.21 Å². The average molecular weight is 199 g/mol. The Kier molecular flexibility index (Phi) is 4.20. The van der Waals surface area contributed by atoms with Crippen molar-refractivity contribution in [1.29, 1.82) is 0 Å². The van der Waals surface area contributed by atoms with E-state index < -0.39 is 0 Å². The van der Waals surface area contributed by atoms with Gasteiger partial charge in [0.05, 0.1) is 0 Å². The fourth-order valence-corrected chi connectivity index (χ4v) is 1.93. The number of rotatable bonds is 6. The lowest BCUT2D eigenvalue weighted by Crippen LogP contribution is -2.50. The summed E-state index contributed by atoms with van der Waals surface area (Å²) in [5.74, 6) is 0.325. The van der Waals surface area contributed by atoms with E-state index in [2.05, 4.69) is 17.4 Å². The predicted octanol–water partition coefficient (Wildman–Crippen LogP) is 1.44. The van der Waals surface area contributed by atoms with Gasteiger partial charge in [-0.3, -0.25) is 0 Å². The molecular formula is C10H21N3O. The molecule has 4 heteroatoms. The summed E-state index contributed by atoms with van der Waals surface area (Å²) in [4.78, 5) is 0. The molecule has 0 aromatic rings. The first kappa shape index (κ1) is 11.3. The number of hydrogen-bond acceptors (Lipinski definition) is 3. The van der Waals surface area contributed by atoms with Crippen LogP contribution >= 0.6 is 0 Å². The van der Waals surface area contributed by atoms with Crippen molar-refractivity contribution in [3.63, 3.8) is 0 Å². The van der Waals surface area contributed by atoms with Gasteiger partial charge in [0.2, 0.25) is 0 Å². The second kappa shape index (κ2) is 5.20. The van der Waals surface area contributed by atoms with E-state index in [0.717, 1.165) is 13.0 Å². The Bertz CT molecular complexity index is 194. The molecule has 1 rings (SSSR count). The lowest BCUT2D eigenvalue weighted by molar-refractivity contribution is 0.178. The molecule has 0 unspecified atom stereocenters. The van der Waals surface area contributed by atoms with E-state index in [0.29, 0.717) is 17.8 Å². The van der Waals surface area contributed by atoms with Gasteiger partial charge in [0.25, 0.3) is 0 Å². The summed E-state index contributed by atoms with van der Waals surface area (Å²) in [6, 6.07) is 0. The molecule has 0 radical (unpaired) electrons. The summed E-state index contributed by atoms with van der Waals surface area (Å²) < 4.78 is 0. The van der Waals surface area contributed by atoms with Crippen molar-refractivity contribution in [2.24, 2.45) is 10.9 Å². The van der Waals surface area contributed by atoms with Gasteiger partial charge in [0.1, 0.15) is 5.84 Å². The van der Waals surface area contributed by atoms with E-state index in [4.69, 9.17) is 10.9 Å². The molecule has 1 aliphatic carbocycles. The maximum atomic E-state index is 8.34. The largest absolute Gasteiger partial charge is 0.409 e. The molecule has 14 heavy (non-hydrogen) atoms. The summed E-state index contributed by atoms with van der Waals surface area (Å²) in [6.45, 7) is 3.19. The molecule has 0 saturated heterocycles. The van der Waals surface area contributed by atoms with E-state index in [-0.39, 0.29) is 0 Å². The maximum Gasteiger partial charge on any atom is 0.139 e. The van der Waals surface area contributed by atoms with Crippen LogP contribution < -0.4 is 11.1 Å². The SMILES string of the molecule is CCC1(NCCCC(N)=NO)CCC1. The molecule has 0 heterocycles. The first-order valence-corrected chi connectivity index (χ1v) is 5.44. The van der Waals surface area contributed by atoms with E-state index in [9.17, 15) is 0 Å². The van der Waals surface area contributed by atoms with Gasteiger partial charge in [-0.05, 0) is 38.6 Å². The minimum Gasteiger partial charge on any atom is -0.409 e. The molecule has 1 saturated carbocycles. The van der Waals surface area contributed by atoms with Gasteiger partial charge >= 0.3 is 0 Å². The second-order valence-corrected chi connectivity index (χ2v) is 4.11. The van der Waals surface area contributed by atoms with Crippen LogP contribution in [0.15, 0.2) is 5.16 Å². The molecule has 0 bridgehead atoms. The molecule has 1 fully saturated rings. The molecule has 0 atom stereocenters.